The number of nitrogens with one attached hydrogen (secondary N) is 1. The molecule has 1 heterocycles. The molecule has 0 atom stereocenters. The number of H-pyrrole nitrogens is 1. The Hall–Kier alpha value is -1.33. The third kappa shape index (κ3) is 2.19. The number of hydrogen-bond acceptors (Lipinski definition) is 3. The van der Waals surface area contributed by atoms with Crippen molar-refractivity contribution >= 4 is 28.3 Å². The van der Waals surface area contributed by atoms with E-state index >= 15 is 0 Å². The lowest BCUT2D eigenvalue weighted by Gasteiger charge is -1.89. The molecule has 2 rings (SSSR count). The first-order chi connectivity index (χ1) is 6.70. The SMILES string of the molecule is O=[N+]([O-])c1ccc2nc(CCl)[nH]c2c1.[Cl-]. The van der Waals surface area contributed by atoms with Crippen molar-refractivity contribution in [3.8, 4) is 0 Å². The number of fused-ring (bicyclic) bond motifs is 1. The lowest BCUT2D eigenvalue weighted by Crippen LogP contribution is -3.00. The number of benzene rings is 1. The predicted molar refractivity (Wildman–Crippen MR) is 52.3 cm³/mol. The van der Waals surface area contributed by atoms with Crippen LogP contribution in [0.5, 0.6) is 0 Å². The van der Waals surface area contributed by atoms with Gasteiger partial charge in [-0.1, -0.05) is 0 Å². The van der Waals surface area contributed by atoms with E-state index in [0.29, 0.717) is 16.9 Å². The summed E-state index contributed by atoms with van der Waals surface area (Å²) in [5.41, 5.74) is 1.36. The molecular weight excluding hydrogens is 241 g/mol. The van der Waals surface area contributed by atoms with E-state index in [1.54, 1.807) is 6.07 Å². The largest absolute Gasteiger partial charge is 1.00 e. The highest BCUT2D eigenvalue weighted by Gasteiger charge is 2.08. The maximum absolute atomic E-state index is 10.5. The fourth-order valence-electron chi connectivity index (χ4n) is 1.23. The molecular formula is C8H6Cl2N3O2-. The number of nitro benzene ring substituents is 1. The van der Waals surface area contributed by atoms with Gasteiger partial charge >= 0.3 is 0 Å². The van der Waals surface area contributed by atoms with Crippen molar-refractivity contribution in [3.05, 3.63) is 34.1 Å². The Bertz CT molecular complexity index is 498. The predicted octanol–water partition coefficient (Wildman–Crippen LogP) is -0.786. The number of nitrogens with zero attached hydrogens (tertiary/aromatic N) is 2. The lowest BCUT2D eigenvalue weighted by atomic mass is 10.3. The molecule has 1 aromatic carbocycles. The van der Waals surface area contributed by atoms with E-state index in [9.17, 15) is 10.1 Å². The molecule has 0 aliphatic carbocycles. The molecule has 2 aromatic rings. The van der Waals surface area contributed by atoms with Crippen LogP contribution in [0.2, 0.25) is 0 Å². The first kappa shape index (κ1) is 11.7. The normalized spacial score (nSPS) is 9.93. The third-order valence-electron chi connectivity index (χ3n) is 1.85. The molecule has 0 spiro atoms. The van der Waals surface area contributed by atoms with Crippen LogP contribution in [-0.2, 0) is 5.88 Å². The molecule has 5 nitrogen and oxygen atoms in total. The van der Waals surface area contributed by atoms with Crippen LogP contribution in [0.4, 0.5) is 5.69 Å². The van der Waals surface area contributed by atoms with Gasteiger partial charge < -0.3 is 17.4 Å². The standard InChI is InChI=1S/C8H6ClN3O2.ClH/c9-4-8-10-6-2-1-5(12(13)14)3-7(6)11-8;/h1-3H,4H2,(H,10,11);1H/p-1. The number of aromatic nitrogens is 2. The molecule has 0 aliphatic rings. The number of nitro groups is 1. The highest BCUT2D eigenvalue weighted by molar-refractivity contribution is 6.16. The van der Waals surface area contributed by atoms with Crippen molar-refractivity contribution in [2.24, 2.45) is 0 Å². The van der Waals surface area contributed by atoms with Gasteiger partial charge in [-0.3, -0.25) is 10.1 Å². The van der Waals surface area contributed by atoms with Crippen LogP contribution in [0.15, 0.2) is 18.2 Å². The van der Waals surface area contributed by atoms with E-state index in [1.165, 1.54) is 12.1 Å². The number of non-ortho nitro benzene ring substituents is 1. The number of alkyl halides is 1. The second-order valence-corrected chi connectivity index (χ2v) is 3.04. The minimum absolute atomic E-state index is 0. The third-order valence-corrected chi connectivity index (χ3v) is 2.11. The van der Waals surface area contributed by atoms with E-state index in [1.807, 2.05) is 0 Å². The van der Waals surface area contributed by atoms with Gasteiger partial charge in [-0.2, -0.15) is 0 Å². The summed E-state index contributed by atoms with van der Waals surface area (Å²) in [4.78, 5) is 17.0. The quantitative estimate of drug-likeness (QED) is 0.429. The first-order valence-electron chi connectivity index (χ1n) is 3.89. The number of aromatic amines is 1. The van der Waals surface area contributed by atoms with Gasteiger partial charge in [0.1, 0.15) is 5.82 Å². The van der Waals surface area contributed by atoms with Crippen molar-refractivity contribution in [1.82, 2.24) is 9.97 Å². The molecule has 7 heteroatoms. The van der Waals surface area contributed by atoms with Crippen molar-refractivity contribution < 1.29 is 17.3 Å². The molecule has 0 bridgehead atoms. The highest BCUT2D eigenvalue weighted by atomic mass is 35.5. The Labute approximate surface area is 96.0 Å². The van der Waals surface area contributed by atoms with Crippen LogP contribution >= 0.6 is 11.6 Å². The molecule has 0 unspecified atom stereocenters. The van der Waals surface area contributed by atoms with Gasteiger partial charge in [-0.15, -0.1) is 11.6 Å². The van der Waals surface area contributed by atoms with Crippen molar-refractivity contribution in [2.45, 2.75) is 5.88 Å². The number of rotatable bonds is 2. The fraction of sp³-hybridized carbons (Fsp3) is 0.125. The summed E-state index contributed by atoms with van der Waals surface area (Å²) in [6.07, 6.45) is 0. The Morgan fingerprint density at radius 2 is 2.27 bits per heavy atom. The zero-order valence-electron chi connectivity index (χ0n) is 7.41. The summed E-state index contributed by atoms with van der Waals surface area (Å²) in [6, 6.07) is 4.46. The number of hydrogen-bond donors (Lipinski definition) is 1. The van der Waals surface area contributed by atoms with E-state index in [2.05, 4.69) is 9.97 Å². The van der Waals surface area contributed by atoms with E-state index in [-0.39, 0.29) is 24.0 Å². The van der Waals surface area contributed by atoms with Crippen LogP contribution < -0.4 is 12.4 Å². The zero-order valence-corrected chi connectivity index (χ0v) is 8.92. The molecule has 0 fully saturated rings. The van der Waals surface area contributed by atoms with Gasteiger partial charge in [-0.25, -0.2) is 4.98 Å². The molecule has 0 saturated carbocycles. The van der Waals surface area contributed by atoms with Gasteiger partial charge in [0.2, 0.25) is 0 Å². The summed E-state index contributed by atoms with van der Waals surface area (Å²) in [6.45, 7) is 0. The first-order valence-corrected chi connectivity index (χ1v) is 4.43. The molecule has 1 aromatic heterocycles. The second kappa shape index (κ2) is 4.46. The minimum Gasteiger partial charge on any atom is -1.00 e. The monoisotopic (exact) mass is 246 g/mol. The molecule has 15 heavy (non-hydrogen) atoms. The van der Waals surface area contributed by atoms with Crippen LogP contribution in [-0.4, -0.2) is 14.9 Å². The number of imidazole rings is 1. The van der Waals surface area contributed by atoms with Crippen LogP contribution in [0.3, 0.4) is 0 Å². The molecule has 80 valence electrons. The lowest BCUT2D eigenvalue weighted by molar-refractivity contribution is -0.384. The smallest absolute Gasteiger partial charge is 0.271 e. The summed E-state index contributed by atoms with van der Waals surface area (Å²) >= 11 is 5.57. The van der Waals surface area contributed by atoms with Crippen LogP contribution in [0.1, 0.15) is 5.82 Å². The fourth-order valence-corrected chi connectivity index (χ4v) is 1.35. The zero-order chi connectivity index (χ0) is 10.1. The van der Waals surface area contributed by atoms with Gasteiger partial charge in [-0.05, 0) is 6.07 Å². The average Bonchev–Trinajstić information content (AvgIpc) is 2.58. The van der Waals surface area contributed by atoms with Crippen molar-refractivity contribution in [2.75, 3.05) is 0 Å². The minimum atomic E-state index is -0.444. The van der Waals surface area contributed by atoms with Crippen LogP contribution in [0.25, 0.3) is 11.0 Å². The summed E-state index contributed by atoms with van der Waals surface area (Å²) < 4.78 is 0. The van der Waals surface area contributed by atoms with Gasteiger partial charge in [0.25, 0.3) is 5.69 Å². The summed E-state index contributed by atoms with van der Waals surface area (Å²) in [5.74, 6) is 0.879. The molecule has 0 aliphatic heterocycles. The molecule has 0 radical (unpaired) electrons. The molecule has 0 saturated heterocycles. The highest BCUT2D eigenvalue weighted by Crippen LogP contribution is 2.19. The Balaban J connectivity index is 0.00000112. The van der Waals surface area contributed by atoms with E-state index < -0.39 is 4.92 Å². The van der Waals surface area contributed by atoms with Crippen molar-refractivity contribution in [3.63, 3.8) is 0 Å². The van der Waals surface area contributed by atoms with Gasteiger partial charge in [0, 0.05) is 12.1 Å². The van der Waals surface area contributed by atoms with E-state index in [0.717, 1.165) is 0 Å². The maximum atomic E-state index is 10.5. The topological polar surface area (TPSA) is 71.8 Å². The molecule has 1 N–H and O–H groups in total. The average molecular weight is 247 g/mol. The van der Waals surface area contributed by atoms with E-state index in [4.69, 9.17) is 11.6 Å². The Morgan fingerprint density at radius 1 is 1.53 bits per heavy atom. The maximum Gasteiger partial charge on any atom is 0.271 e. The summed E-state index contributed by atoms with van der Waals surface area (Å²) in [5, 5.41) is 10.5. The summed E-state index contributed by atoms with van der Waals surface area (Å²) in [7, 11) is 0. The van der Waals surface area contributed by atoms with Gasteiger partial charge in [0.05, 0.1) is 21.8 Å². The number of halogens is 2. The Kier molecular flexibility index (Phi) is 3.49. The second-order valence-electron chi connectivity index (χ2n) is 2.78. The van der Waals surface area contributed by atoms with Gasteiger partial charge in [0.15, 0.2) is 0 Å². The van der Waals surface area contributed by atoms with Crippen LogP contribution in [0, 0.1) is 10.1 Å². The molecule has 0 amide bonds. The Morgan fingerprint density at radius 3 is 2.87 bits per heavy atom. The van der Waals surface area contributed by atoms with Crippen molar-refractivity contribution in [1.29, 1.82) is 0 Å².